The second-order valence-corrected chi connectivity index (χ2v) is 5.27. The first-order valence-corrected chi connectivity index (χ1v) is 6.27. The van der Waals surface area contributed by atoms with Crippen LogP contribution in [0.1, 0.15) is 34.1 Å². The molecule has 14 heavy (non-hydrogen) atoms. The van der Waals surface area contributed by atoms with Crippen LogP contribution in [0.4, 0.5) is 0 Å². The summed E-state index contributed by atoms with van der Waals surface area (Å²) in [7, 11) is 1.45. The second kappa shape index (κ2) is 7.16. The van der Waals surface area contributed by atoms with Crippen LogP contribution in [-0.4, -0.2) is 24.1 Å². The van der Waals surface area contributed by atoms with Gasteiger partial charge in [0.05, 0.1) is 13.0 Å². The molecule has 0 aliphatic heterocycles. The quantitative estimate of drug-likeness (QED) is 0.641. The average molecular weight is 218 g/mol. The first-order valence-electron chi connectivity index (χ1n) is 5.22. The number of carbonyl (C=O) groups is 1. The molecule has 0 spiro atoms. The van der Waals surface area contributed by atoms with E-state index in [-0.39, 0.29) is 11.9 Å². The number of hydrogen-bond acceptors (Lipinski definition) is 3. The zero-order valence-corrected chi connectivity index (χ0v) is 10.7. The van der Waals surface area contributed by atoms with Crippen LogP contribution in [-0.2, 0) is 9.53 Å². The lowest BCUT2D eigenvalue weighted by molar-refractivity contribution is -0.144. The van der Waals surface area contributed by atoms with E-state index in [4.69, 9.17) is 4.74 Å². The van der Waals surface area contributed by atoms with Crippen LogP contribution < -0.4 is 0 Å². The summed E-state index contributed by atoms with van der Waals surface area (Å²) < 4.78 is 4.71. The number of hydrogen-bond donors (Lipinski definition) is 0. The van der Waals surface area contributed by atoms with Gasteiger partial charge in [-0.3, -0.25) is 4.79 Å². The maximum atomic E-state index is 11.2. The zero-order valence-electron chi connectivity index (χ0n) is 9.87. The highest BCUT2D eigenvalue weighted by atomic mass is 32.2. The van der Waals surface area contributed by atoms with Crippen molar-refractivity contribution in [1.29, 1.82) is 0 Å². The minimum absolute atomic E-state index is 0.00550. The van der Waals surface area contributed by atoms with Crippen LogP contribution >= 0.6 is 11.8 Å². The molecular formula is C11H22O2S. The summed E-state index contributed by atoms with van der Waals surface area (Å²) in [6, 6.07) is 0. The molecule has 0 aliphatic carbocycles. The third-order valence-corrected chi connectivity index (χ3v) is 4.31. The third-order valence-electron chi connectivity index (χ3n) is 2.62. The predicted octanol–water partition coefficient (Wildman–Crippen LogP) is 2.96. The van der Waals surface area contributed by atoms with E-state index < -0.39 is 0 Å². The van der Waals surface area contributed by atoms with E-state index in [0.717, 1.165) is 11.7 Å². The molecule has 0 fully saturated rings. The summed E-state index contributed by atoms with van der Waals surface area (Å²) in [5, 5.41) is 0.344. The van der Waals surface area contributed by atoms with Gasteiger partial charge in [0.25, 0.3) is 0 Å². The van der Waals surface area contributed by atoms with Gasteiger partial charge in [-0.15, -0.1) is 0 Å². The van der Waals surface area contributed by atoms with Crippen molar-refractivity contribution in [2.24, 2.45) is 11.8 Å². The average Bonchev–Trinajstić information content (AvgIpc) is 2.22. The molecule has 0 aliphatic rings. The molecule has 0 saturated carbocycles. The predicted molar refractivity (Wildman–Crippen MR) is 62.6 cm³/mol. The largest absolute Gasteiger partial charge is 0.469 e. The monoisotopic (exact) mass is 218 g/mol. The third kappa shape index (κ3) is 4.89. The number of ether oxygens (including phenoxy) is 1. The van der Waals surface area contributed by atoms with Crippen LogP contribution in [0.5, 0.6) is 0 Å². The van der Waals surface area contributed by atoms with Crippen molar-refractivity contribution in [2.45, 2.75) is 39.4 Å². The van der Waals surface area contributed by atoms with Crippen molar-refractivity contribution < 1.29 is 9.53 Å². The van der Waals surface area contributed by atoms with Crippen molar-refractivity contribution in [3.05, 3.63) is 0 Å². The molecule has 2 nitrogen and oxygen atoms in total. The molecule has 0 amide bonds. The van der Waals surface area contributed by atoms with Gasteiger partial charge in [-0.05, 0) is 11.7 Å². The Morgan fingerprint density at radius 3 is 2.36 bits per heavy atom. The fourth-order valence-corrected chi connectivity index (χ4v) is 2.22. The molecule has 3 atom stereocenters. The standard InChI is InChI=1S/C11H22O2S/c1-6-8(2)7-14-10(4)9(3)11(12)13-5/h8-10H,6-7H2,1-5H3. The zero-order chi connectivity index (χ0) is 11.1. The molecule has 3 heteroatoms. The van der Waals surface area contributed by atoms with Gasteiger partial charge in [0.1, 0.15) is 0 Å². The van der Waals surface area contributed by atoms with Crippen LogP contribution in [0.3, 0.4) is 0 Å². The van der Waals surface area contributed by atoms with Crippen molar-refractivity contribution in [3.8, 4) is 0 Å². The molecule has 0 aromatic carbocycles. The van der Waals surface area contributed by atoms with Crippen LogP contribution in [0, 0.1) is 11.8 Å². The highest BCUT2D eigenvalue weighted by Crippen LogP contribution is 2.23. The molecule has 3 unspecified atom stereocenters. The molecule has 0 aromatic heterocycles. The van der Waals surface area contributed by atoms with E-state index >= 15 is 0 Å². The Morgan fingerprint density at radius 2 is 1.93 bits per heavy atom. The molecule has 0 radical (unpaired) electrons. The molecule has 84 valence electrons. The fraction of sp³-hybridized carbons (Fsp3) is 0.909. The molecule has 0 aromatic rings. The maximum Gasteiger partial charge on any atom is 0.309 e. The number of methoxy groups -OCH3 is 1. The molecule has 0 rings (SSSR count). The Morgan fingerprint density at radius 1 is 1.36 bits per heavy atom. The summed E-state index contributed by atoms with van der Waals surface area (Å²) in [5.41, 5.74) is 0. The van der Waals surface area contributed by atoms with Gasteiger partial charge in [0.2, 0.25) is 0 Å². The molecule has 0 bridgehead atoms. The highest BCUT2D eigenvalue weighted by molar-refractivity contribution is 7.99. The van der Waals surface area contributed by atoms with Crippen molar-refractivity contribution in [2.75, 3.05) is 12.9 Å². The van der Waals surface area contributed by atoms with Crippen molar-refractivity contribution in [3.63, 3.8) is 0 Å². The smallest absolute Gasteiger partial charge is 0.309 e. The van der Waals surface area contributed by atoms with E-state index in [2.05, 4.69) is 20.8 Å². The van der Waals surface area contributed by atoms with Gasteiger partial charge < -0.3 is 4.74 Å². The van der Waals surface area contributed by atoms with E-state index in [1.807, 2.05) is 18.7 Å². The number of rotatable bonds is 6. The van der Waals surface area contributed by atoms with Crippen molar-refractivity contribution >= 4 is 17.7 Å². The first kappa shape index (κ1) is 13.8. The normalized spacial score (nSPS) is 17.2. The number of carbonyl (C=O) groups excluding carboxylic acids is 1. The Hall–Kier alpha value is -0.180. The Kier molecular flexibility index (Phi) is 7.06. The van der Waals surface area contributed by atoms with Gasteiger partial charge in [-0.2, -0.15) is 11.8 Å². The summed E-state index contributed by atoms with van der Waals surface area (Å²) in [6.07, 6.45) is 1.20. The van der Waals surface area contributed by atoms with Gasteiger partial charge in [-0.25, -0.2) is 0 Å². The molecular weight excluding hydrogens is 196 g/mol. The van der Waals surface area contributed by atoms with Crippen LogP contribution in [0.25, 0.3) is 0 Å². The SMILES string of the molecule is CCC(C)CSC(C)C(C)C(=O)OC. The first-order chi connectivity index (χ1) is 6.52. The summed E-state index contributed by atoms with van der Waals surface area (Å²) in [5.74, 6) is 1.74. The van der Waals surface area contributed by atoms with E-state index in [0.29, 0.717) is 5.25 Å². The minimum atomic E-state index is -0.103. The lowest BCUT2D eigenvalue weighted by Crippen LogP contribution is -2.22. The van der Waals surface area contributed by atoms with Gasteiger partial charge in [0, 0.05) is 5.25 Å². The van der Waals surface area contributed by atoms with Crippen LogP contribution in [0.15, 0.2) is 0 Å². The second-order valence-electron chi connectivity index (χ2n) is 3.86. The van der Waals surface area contributed by atoms with Gasteiger partial charge >= 0.3 is 5.97 Å². The Labute approximate surface area is 91.8 Å². The van der Waals surface area contributed by atoms with Gasteiger partial charge in [-0.1, -0.05) is 34.1 Å². The minimum Gasteiger partial charge on any atom is -0.469 e. The lowest BCUT2D eigenvalue weighted by Gasteiger charge is -2.18. The lowest BCUT2D eigenvalue weighted by atomic mass is 10.1. The topological polar surface area (TPSA) is 26.3 Å². The van der Waals surface area contributed by atoms with Crippen molar-refractivity contribution in [1.82, 2.24) is 0 Å². The van der Waals surface area contributed by atoms with Gasteiger partial charge in [0.15, 0.2) is 0 Å². The van der Waals surface area contributed by atoms with Crippen LogP contribution in [0.2, 0.25) is 0 Å². The van der Waals surface area contributed by atoms with E-state index in [1.54, 1.807) is 0 Å². The maximum absolute atomic E-state index is 11.2. The molecule has 0 N–H and O–H groups in total. The molecule has 0 saturated heterocycles. The summed E-state index contributed by atoms with van der Waals surface area (Å²) >= 11 is 1.86. The highest BCUT2D eigenvalue weighted by Gasteiger charge is 2.21. The molecule has 0 heterocycles. The summed E-state index contributed by atoms with van der Waals surface area (Å²) in [4.78, 5) is 11.2. The summed E-state index contributed by atoms with van der Waals surface area (Å²) in [6.45, 7) is 8.46. The van der Waals surface area contributed by atoms with E-state index in [1.165, 1.54) is 13.5 Å². The number of esters is 1. The Bertz CT molecular complexity index is 171. The van der Waals surface area contributed by atoms with E-state index in [9.17, 15) is 4.79 Å². The fourth-order valence-electron chi connectivity index (χ4n) is 0.956. The number of thioether (sulfide) groups is 1. The Balaban J connectivity index is 3.83.